The van der Waals surface area contributed by atoms with Gasteiger partial charge in [-0.1, -0.05) is 23.7 Å². The molecule has 0 fully saturated rings. The van der Waals surface area contributed by atoms with Gasteiger partial charge in [0, 0.05) is 0 Å². The van der Waals surface area contributed by atoms with Crippen LogP contribution in [0, 0.1) is 5.82 Å². The Balaban J connectivity index is 2.00. The first-order valence-corrected chi connectivity index (χ1v) is 8.44. The van der Waals surface area contributed by atoms with Crippen molar-refractivity contribution in [3.63, 3.8) is 0 Å². The molecule has 1 amide bonds. The second-order valence-electron chi connectivity index (χ2n) is 5.50. The number of ether oxygens (including phenoxy) is 3. The molecule has 0 atom stereocenters. The van der Waals surface area contributed by atoms with Gasteiger partial charge in [-0.05, 0) is 35.4 Å². The molecule has 7 nitrogen and oxygen atoms in total. The number of amides is 1. The van der Waals surface area contributed by atoms with Crippen LogP contribution in [0.25, 0.3) is 0 Å². The Morgan fingerprint density at radius 1 is 1.21 bits per heavy atom. The lowest BCUT2D eigenvalue weighted by Crippen LogP contribution is -2.19. The monoisotopic (exact) mass is 408 g/mol. The van der Waals surface area contributed by atoms with Crippen LogP contribution < -0.4 is 14.9 Å². The smallest absolute Gasteiger partial charge is 0.343 e. The molecule has 148 valence electrons. The van der Waals surface area contributed by atoms with E-state index in [0.717, 1.165) is 0 Å². The molecule has 9 heteroatoms. The van der Waals surface area contributed by atoms with Crippen LogP contribution in [0.5, 0.6) is 11.5 Å². The number of carbonyl (C=O) groups excluding carboxylic acids is 2. The van der Waals surface area contributed by atoms with Gasteiger partial charge in [-0.25, -0.2) is 14.6 Å². The summed E-state index contributed by atoms with van der Waals surface area (Å²) >= 11 is 6.16. The summed E-state index contributed by atoms with van der Waals surface area (Å²) in [5, 5.41) is 4.06. The van der Waals surface area contributed by atoms with Crippen molar-refractivity contribution in [2.45, 2.75) is 6.42 Å². The van der Waals surface area contributed by atoms with Crippen molar-refractivity contribution in [3.05, 3.63) is 58.4 Å². The van der Waals surface area contributed by atoms with E-state index in [0.29, 0.717) is 11.1 Å². The Bertz CT molecular complexity index is 871. The van der Waals surface area contributed by atoms with Crippen molar-refractivity contribution < 1.29 is 28.2 Å². The van der Waals surface area contributed by atoms with Crippen LogP contribution in [-0.4, -0.2) is 38.9 Å². The summed E-state index contributed by atoms with van der Waals surface area (Å²) in [6.45, 7) is -0.320. The highest BCUT2D eigenvalue weighted by molar-refractivity contribution is 6.32. The molecule has 0 aliphatic carbocycles. The number of nitrogens with zero attached hydrogens (tertiary/aromatic N) is 1. The van der Waals surface area contributed by atoms with Crippen LogP contribution in [0.4, 0.5) is 4.39 Å². The molecular weight excluding hydrogens is 391 g/mol. The third-order valence-electron chi connectivity index (χ3n) is 3.49. The van der Waals surface area contributed by atoms with E-state index in [9.17, 15) is 14.0 Å². The topological polar surface area (TPSA) is 86.2 Å². The lowest BCUT2D eigenvalue weighted by Gasteiger charge is -2.12. The zero-order valence-corrected chi connectivity index (χ0v) is 16.0. The molecule has 0 heterocycles. The number of nitrogens with one attached hydrogen (secondary N) is 1. The molecule has 28 heavy (non-hydrogen) atoms. The number of halogens is 2. The highest BCUT2D eigenvalue weighted by atomic mass is 35.5. The molecule has 0 unspecified atom stereocenters. The molecular formula is C19H18ClFN2O5. The summed E-state index contributed by atoms with van der Waals surface area (Å²) in [6, 6.07) is 8.72. The van der Waals surface area contributed by atoms with Crippen LogP contribution in [0.3, 0.4) is 0 Å². The minimum absolute atomic E-state index is 0.0575. The van der Waals surface area contributed by atoms with Crippen molar-refractivity contribution in [2.24, 2.45) is 5.10 Å². The van der Waals surface area contributed by atoms with Gasteiger partial charge in [0.2, 0.25) is 5.91 Å². The van der Waals surface area contributed by atoms with Crippen LogP contribution >= 0.6 is 11.6 Å². The highest BCUT2D eigenvalue weighted by Gasteiger charge is 2.13. The summed E-state index contributed by atoms with van der Waals surface area (Å²) in [5.41, 5.74) is 3.57. The van der Waals surface area contributed by atoms with Gasteiger partial charge in [-0.3, -0.25) is 4.79 Å². The predicted molar refractivity (Wildman–Crippen MR) is 101 cm³/mol. The molecule has 0 saturated heterocycles. The predicted octanol–water partition coefficient (Wildman–Crippen LogP) is 2.73. The Hall–Kier alpha value is -3.13. The quantitative estimate of drug-likeness (QED) is 0.412. The maximum atomic E-state index is 12.9. The van der Waals surface area contributed by atoms with Gasteiger partial charge in [0.15, 0.2) is 18.1 Å². The van der Waals surface area contributed by atoms with Crippen molar-refractivity contribution >= 4 is 29.7 Å². The van der Waals surface area contributed by atoms with E-state index in [1.165, 1.54) is 50.8 Å². The maximum Gasteiger partial charge on any atom is 0.343 e. The number of methoxy groups -OCH3 is 2. The molecule has 0 aromatic heterocycles. The molecule has 0 radical (unpaired) electrons. The second kappa shape index (κ2) is 10.3. The van der Waals surface area contributed by atoms with Gasteiger partial charge in [-0.2, -0.15) is 5.10 Å². The summed E-state index contributed by atoms with van der Waals surface area (Å²) in [6.07, 6.45) is 1.43. The molecule has 0 saturated carbocycles. The van der Waals surface area contributed by atoms with Crippen molar-refractivity contribution in [1.82, 2.24) is 5.43 Å². The van der Waals surface area contributed by atoms with Gasteiger partial charge in [0.25, 0.3) is 0 Å². The normalized spacial score (nSPS) is 10.6. The van der Waals surface area contributed by atoms with E-state index in [1.54, 1.807) is 6.07 Å². The van der Waals surface area contributed by atoms with Crippen LogP contribution in [-0.2, 0) is 20.7 Å². The average Bonchev–Trinajstić information content (AvgIpc) is 2.68. The fourth-order valence-corrected chi connectivity index (χ4v) is 2.42. The molecule has 0 bridgehead atoms. The number of rotatable bonds is 8. The Kier molecular flexibility index (Phi) is 7.76. The number of esters is 1. The maximum absolute atomic E-state index is 12.9. The first-order valence-electron chi connectivity index (χ1n) is 8.06. The molecule has 2 aromatic carbocycles. The lowest BCUT2D eigenvalue weighted by atomic mass is 10.1. The number of hydrogen-bond acceptors (Lipinski definition) is 6. The van der Waals surface area contributed by atoms with Gasteiger partial charge in [0.1, 0.15) is 5.82 Å². The first kappa shape index (κ1) is 21.2. The van der Waals surface area contributed by atoms with Crippen molar-refractivity contribution in [2.75, 3.05) is 20.8 Å². The fourth-order valence-electron chi connectivity index (χ4n) is 2.15. The fraction of sp³-hybridized carbons (Fsp3) is 0.211. The lowest BCUT2D eigenvalue weighted by molar-refractivity contribution is -0.142. The second-order valence-corrected chi connectivity index (χ2v) is 5.90. The summed E-state index contributed by atoms with van der Waals surface area (Å²) in [4.78, 5) is 23.1. The van der Waals surface area contributed by atoms with E-state index in [1.807, 2.05) is 0 Å². The summed E-state index contributed by atoms with van der Waals surface area (Å²) in [5.74, 6) is -0.818. The third kappa shape index (κ3) is 6.24. The molecule has 1 N–H and O–H groups in total. The molecule has 2 rings (SSSR count). The standard InChI is InChI=1S/C19H18ClFN2O5/c1-26-16-8-13(7-15(20)19(16)28-11-18(25)27-2)10-22-23-17(24)9-12-3-5-14(21)6-4-12/h3-8,10H,9,11H2,1-2H3,(H,23,24)/b22-10+. The number of carbonyl (C=O) groups is 2. The minimum atomic E-state index is -0.562. The molecule has 2 aromatic rings. The van der Waals surface area contributed by atoms with Crippen LogP contribution in [0.2, 0.25) is 5.02 Å². The third-order valence-corrected chi connectivity index (χ3v) is 3.78. The Morgan fingerprint density at radius 2 is 1.93 bits per heavy atom. The Labute approximate surface area is 166 Å². The number of hydrogen-bond donors (Lipinski definition) is 1. The van der Waals surface area contributed by atoms with E-state index < -0.39 is 5.97 Å². The van der Waals surface area contributed by atoms with E-state index >= 15 is 0 Å². The van der Waals surface area contributed by atoms with E-state index in [-0.39, 0.29) is 41.3 Å². The Morgan fingerprint density at radius 3 is 2.57 bits per heavy atom. The highest BCUT2D eigenvalue weighted by Crippen LogP contribution is 2.36. The zero-order chi connectivity index (χ0) is 20.5. The van der Waals surface area contributed by atoms with Gasteiger partial charge >= 0.3 is 5.97 Å². The molecule has 0 spiro atoms. The number of benzene rings is 2. The van der Waals surface area contributed by atoms with E-state index in [4.69, 9.17) is 21.1 Å². The van der Waals surface area contributed by atoms with E-state index in [2.05, 4.69) is 15.3 Å². The largest absolute Gasteiger partial charge is 0.493 e. The zero-order valence-electron chi connectivity index (χ0n) is 15.2. The average molecular weight is 409 g/mol. The van der Waals surface area contributed by atoms with Crippen LogP contribution in [0.1, 0.15) is 11.1 Å². The van der Waals surface area contributed by atoms with Crippen LogP contribution in [0.15, 0.2) is 41.5 Å². The minimum Gasteiger partial charge on any atom is -0.493 e. The molecule has 0 aliphatic rings. The van der Waals surface area contributed by atoms with Gasteiger partial charge < -0.3 is 14.2 Å². The summed E-state index contributed by atoms with van der Waals surface area (Å²) in [7, 11) is 2.66. The van der Waals surface area contributed by atoms with Crippen molar-refractivity contribution in [3.8, 4) is 11.5 Å². The first-order chi connectivity index (χ1) is 13.4. The summed E-state index contributed by atoms with van der Waals surface area (Å²) < 4.78 is 27.9. The van der Waals surface area contributed by atoms with Gasteiger partial charge in [0.05, 0.1) is 31.9 Å². The number of hydrazone groups is 1. The molecule has 0 aliphatic heterocycles. The SMILES string of the molecule is COC(=O)COc1c(Cl)cc(/C=N/NC(=O)Cc2ccc(F)cc2)cc1OC. The van der Waals surface area contributed by atoms with Gasteiger partial charge in [-0.15, -0.1) is 0 Å². The van der Waals surface area contributed by atoms with Crippen molar-refractivity contribution in [1.29, 1.82) is 0 Å².